The number of nitrogens with one attached hydrogen (secondary N) is 1. The number of carbonyl (C=O) groups excluding carboxylic acids is 2. The summed E-state index contributed by atoms with van der Waals surface area (Å²) in [6.45, 7) is 6.43. The fraction of sp³-hybridized carbons (Fsp3) is 0.846. The van der Waals surface area contributed by atoms with Crippen LogP contribution in [0.15, 0.2) is 0 Å². The van der Waals surface area contributed by atoms with Crippen LogP contribution in [0.2, 0.25) is 0 Å². The number of carbonyl (C=O) groups is 2. The molecule has 0 aliphatic carbocycles. The average molecular weight is 253 g/mol. The molecule has 2 amide bonds. The topological polar surface area (TPSA) is 52.7 Å². The summed E-state index contributed by atoms with van der Waals surface area (Å²) < 4.78 is 0. The third-order valence-electron chi connectivity index (χ3n) is 3.83. The zero-order valence-electron chi connectivity index (χ0n) is 11.2. The second kappa shape index (κ2) is 6.29. The van der Waals surface area contributed by atoms with Gasteiger partial charge in [0.1, 0.15) is 0 Å². The Hall–Kier alpha value is -0.940. The molecule has 102 valence electrons. The number of imide groups is 1. The van der Waals surface area contributed by atoms with Crippen molar-refractivity contribution in [3.63, 3.8) is 0 Å². The van der Waals surface area contributed by atoms with Crippen LogP contribution in [0, 0.1) is 0 Å². The number of hydrogen-bond acceptors (Lipinski definition) is 4. The van der Waals surface area contributed by atoms with Crippen molar-refractivity contribution in [3.05, 3.63) is 0 Å². The number of amides is 2. The van der Waals surface area contributed by atoms with Gasteiger partial charge in [0, 0.05) is 19.6 Å². The van der Waals surface area contributed by atoms with E-state index in [4.69, 9.17) is 0 Å². The van der Waals surface area contributed by atoms with Crippen molar-refractivity contribution in [3.8, 4) is 0 Å². The van der Waals surface area contributed by atoms with Crippen LogP contribution in [0.3, 0.4) is 0 Å². The van der Waals surface area contributed by atoms with E-state index in [1.54, 1.807) is 0 Å². The predicted octanol–water partition coefficient (Wildman–Crippen LogP) is 0.209. The highest BCUT2D eigenvalue weighted by Crippen LogP contribution is 2.12. The van der Waals surface area contributed by atoms with E-state index >= 15 is 0 Å². The van der Waals surface area contributed by atoms with Crippen molar-refractivity contribution in [2.75, 3.05) is 32.7 Å². The fourth-order valence-electron chi connectivity index (χ4n) is 2.75. The van der Waals surface area contributed by atoms with Crippen LogP contribution in [0.5, 0.6) is 0 Å². The molecule has 2 aliphatic rings. The third-order valence-corrected chi connectivity index (χ3v) is 3.83. The first-order chi connectivity index (χ1) is 8.72. The van der Waals surface area contributed by atoms with Crippen molar-refractivity contribution < 1.29 is 9.59 Å². The summed E-state index contributed by atoms with van der Waals surface area (Å²) in [7, 11) is 0. The summed E-state index contributed by atoms with van der Waals surface area (Å²) in [5.41, 5.74) is 0. The molecule has 1 N–H and O–H groups in total. The molecule has 0 radical (unpaired) electrons. The maximum Gasteiger partial charge on any atom is 0.246 e. The van der Waals surface area contributed by atoms with E-state index in [0.29, 0.717) is 13.0 Å². The van der Waals surface area contributed by atoms with Gasteiger partial charge in [0.15, 0.2) is 0 Å². The van der Waals surface area contributed by atoms with Crippen LogP contribution >= 0.6 is 0 Å². The van der Waals surface area contributed by atoms with Crippen molar-refractivity contribution in [1.29, 1.82) is 0 Å². The second-order valence-electron chi connectivity index (χ2n) is 5.09. The first-order valence-corrected chi connectivity index (χ1v) is 7.02. The summed E-state index contributed by atoms with van der Waals surface area (Å²) in [6.07, 6.45) is 4.23. The molecule has 18 heavy (non-hydrogen) atoms. The molecular weight excluding hydrogens is 230 g/mol. The van der Waals surface area contributed by atoms with Crippen LogP contribution in [0.1, 0.15) is 32.6 Å². The van der Waals surface area contributed by atoms with Crippen LogP contribution in [-0.4, -0.2) is 60.4 Å². The Labute approximate surface area is 108 Å². The van der Waals surface area contributed by atoms with E-state index in [0.717, 1.165) is 13.1 Å². The van der Waals surface area contributed by atoms with Gasteiger partial charge in [0.05, 0.1) is 12.5 Å². The molecule has 0 bridgehead atoms. The van der Waals surface area contributed by atoms with Gasteiger partial charge in [-0.3, -0.25) is 14.5 Å². The van der Waals surface area contributed by atoms with Crippen LogP contribution in [0.25, 0.3) is 0 Å². The van der Waals surface area contributed by atoms with Gasteiger partial charge < -0.3 is 10.2 Å². The fourth-order valence-corrected chi connectivity index (χ4v) is 2.75. The molecule has 2 heterocycles. The lowest BCUT2D eigenvalue weighted by Gasteiger charge is -2.26. The summed E-state index contributed by atoms with van der Waals surface area (Å²) in [5, 5.41) is 3.22. The normalized spacial score (nSPS) is 26.1. The Morgan fingerprint density at radius 3 is 2.56 bits per heavy atom. The number of piperidine rings is 1. The zero-order valence-corrected chi connectivity index (χ0v) is 11.2. The van der Waals surface area contributed by atoms with Crippen molar-refractivity contribution in [2.45, 2.75) is 38.6 Å². The van der Waals surface area contributed by atoms with E-state index in [2.05, 4.69) is 10.2 Å². The van der Waals surface area contributed by atoms with Gasteiger partial charge in [-0.05, 0) is 32.9 Å². The molecule has 0 aromatic rings. The SMILES string of the molecule is CCN1C(=O)CC(NCCN2CCCCC2)C1=O. The lowest BCUT2D eigenvalue weighted by molar-refractivity contribution is -0.138. The Morgan fingerprint density at radius 2 is 1.94 bits per heavy atom. The number of rotatable bonds is 5. The molecular formula is C13H23N3O2. The average Bonchev–Trinajstić information content (AvgIpc) is 2.65. The summed E-state index contributed by atoms with van der Waals surface area (Å²) in [4.78, 5) is 27.2. The summed E-state index contributed by atoms with van der Waals surface area (Å²) in [5.74, 6) is -0.0980. The summed E-state index contributed by atoms with van der Waals surface area (Å²) >= 11 is 0. The maximum absolute atomic E-state index is 11.9. The standard InChI is InChI=1S/C13H23N3O2/c1-2-16-12(17)10-11(13(16)18)14-6-9-15-7-4-3-5-8-15/h11,14H,2-10H2,1H3. The van der Waals surface area contributed by atoms with Gasteiger partial charge in [-0.25, -0.2) is 0 Å². The molecule has 1 atom stereocenters. The zero-order chi connectivity index (χ0) is 13.0. The van der Waals surface area contributed by atoms with Gasteiger partial charge in [-0.1, -0.05) is 6.42 Å². The highest BCUT2D eigenvalue weighted by molar-refractivity contribution is 6.05. The van der Waals surface area contributed by atoms with Gasteiger partial charge in [0.2, 0.25) is 11.8 Å². The third kappa shape index (κ3) is 3.09. The quantitative estimate of drug-likeness (QED) is 0.712. The van der Waals surface area contributed by atoms with Gasteiger partial charge in [-0.2, -0.15) is 0 Å². The molecule has 5 heteroatoms. The Morgan fingerprint density at radius 1 is 1.22 bits per heavy atom. The Balaban J connectivity index is 1.70. The van der Waals surface area contributed by atoms with Crippen molar-refractivity contribution >= 4 is 11.8 Å². The lowest BCUT2D eigenvalue weighted by atomic mass is 10.1. The number of hydrogen-bond donors (Lipinski definition) is 1. The van der Waals surface area contributed by atoms with E-state index in [1.165, 1.54) is 37.3 Å². The molecule has 0 aromatic heterocycles. The first kappa shape index (κ1) is 13.5. The molecule has 5 nitrogen and oxygen atoms in total. The molecule has 2 saturated heterocycles. The predicted molar refractivity (Wildman–Crippen MR) is 69.1 cm³/mol. The first-order valence-electron chi connectivity index (χ1n) is 7.02. The van der Waals surface area contributed by atoms with Gasteiger partial charge in [0.25, 0.3) is 0 Å². The van der Waals surface area contributed by atoms with E-state index in [-0.39, 0.29) is 17.9 Å². The summed E-state index contributed by atoms with van der Waals surface area (Å²) in [6, 6.07) is -0.290. The molecule has 2 fully saturated rings. The highest BCUT2D eigenvalue weighted by Gasteiger charge is 2.36. The van der Waals surface area contributed by atoms with Crippen LogP contribution in [-0.2, 0) is 9.59 Å². The van der Waals surface area contributed by atoms with E-state index in [1.807, 2.05) is 6.92 Å². The number of likely N-dealkylation sites (N-methyl/N-ethyl adjacent to an activating group) is 1. The monoisotopic (exact) mass is 253 g/mol. The molecule has 0 spiro atoms. The Bertz CT molecular complexity index is 313. The minimum Gasteiger partial charge on any atom is -0.304 e. The minimum atomic E-state index is -0.290. The van der Waals surface area contributed by atoms with Gasteiger partial charge >= 0.3 is 0 Å². The molecule has 1 unspecified atom stereocenters. The van der Waals surface area contributed by atoms with Gasteiger partial charge in [-0.15, -0.1) is 0 Å². The number of nitrogens with zero attached hydrogens (tertiary/aromatic N) is 2. The molecule has 2 aliphatic heterocycles. The molecule has 2 rings (SSSR count). The van der Waals surface area contributed by atoms with Crippen LogP contribution in [0.4, 0.5) is 0 Å². The largest absolute Gasteiger partial charge is 0.304 e. The van der Waals surface area contributed by atoms with Crippen molar-refractivity contribution in [2.24, 2.45) is 0 Å². The van der Waals surface area contributed by atoms with E-state index in [9.17, 15) is 9.59 Å². The number of likely N-dealkylation sites (tertiary alicyclic amines) is 2. The second-order valence-corrected chi connectivity index (χ2v) is 5.09. The maximum atomic E-state index is 11.9. The highest BCUT2D eigenvalue weighted by atomic mass is 16.2. The smallest absolute Gasteiger partial charge is 0.246 e. The van der Waals surface area contributed by atoms with Crippen LogP contribution < -0.4 is 5.32 Å². The van der Waals surface area contributed by atoms with Crippen molar-refractivity contribution in [1.82, 2.24) is 15.1 Å². The molecule has 0 aromatic carbocycles. The Kier molecular flexibility index (Phi) is 4.72. The van der Waals surface area contributed by atoms with E-state index < -0.39 is 0 Å². The minimum absolute atomic E-state index is 0.0435. The molecule has 0 saturated carbocycles. The lowest BCUT2D eigenvalue weighted by Crippen LogP contribution is -2.43.